The number of nitrogens with one attached hydrogen (secondary N) is 2. The van der Waals surface area contributed by atoms with E-state index in [2.05, 4.69) is 10.2 Å². The normalized spacial score (nSPS) is 11.7. The average Bonchev–Trinajstić information content (AvgIpc) is 3.24. The Kier molecular flexibility index (Phi) is 4.56. The molecule has 156 valence electrons. The lowest BCUT2D eigenvalue weighted by Crippen LogP contribution is -2.11. The summed E-state index contributed by atoms with van der Waals surface area (Å²) >= 11 is 0. The zero-order valence-electron chi connectivity index (χ0n) is 15.9. The minimum Gasteiger partial charge on any atom is -0.507 e. The van der Waals surface area contributed by atoms with Gasteiger partial charge in [-0.25, -0.2) is 4.72 Å². The summed E-state index contributed by atoms with van der Waals surface area (Å²) in [4.78, 5) is 0. The first-order chi connectivity index (χ1) is 14.2. The van der Waals surface area contributed by atoms with Gasteiger partial charge in [0.15, 0.2) is 17.3 Å². The molecule has 0 saturated heterocycles. The van der Waals surface area contributed by atoms with Gasteiger partial charge >= 0.3 is 10.3 Å². The number of aryl methyl sites for hydroxylation is 1. The maximum Gasteiger partial charge on any atom is 0.358 e. The van der Waals surface area contributed by atoms with Gasteiger partial charge in [0.2, 0.25) is 0 Å². The molecule has 2 heterocycles. The van der Waals surface area contributed by atoms with Crippen LogP contribution in [-0.2, 0) is 17.4 Å². The lowest BCUT2D eigenvalue weighted by atomic mass is 9.99. The molecule has 0 fully saturated rings. The molecular weight excluding hydrogens is 412 g/mol. The van der Waals surface area contributed by atoms with E-state index in [1.807, 2.05) is 40.7 Å². The summed E-state index contributed by atoms with van der Waals surface area (Å²) in [5.41, 5.74) is 2.30. The molecule has 0 bridgehead atoms. The highest BCUT2D eigenvalue weighted by Crippen LogP contribution is 2.44. The van der Waals surface area contributed by atoms with E-state index in [4.69, 9.17) is 4.74 Å². The van der Waals surface area contributed by atoms with Crippen LogP contribution in [0.2, 0.25) is 0 Å². The second-order valence-corrected chi connectivity index (χ2v) is 7.80. The number of anilines is 1. The van der Waals surface area contributed by atoms with E-state index >= 15 is 0 Å². The number of fused-ring (bicyclic) bond motifs is 1. The van der Waals surface area contributed by atoms with Crippen molar-refractivity contribution in [3.05, 3.63) is 42.6 Å². The first-order valence-corrected chi connectivity index (χ1v) is 10.1. The topological polar surface area (TPSA) is 150 Å². The highest BCUT2D eigenvalue weighted by Gasteiger charge is 2.23. The number of ether oxygens (including phenoxy) is 1. The highest BCUT2D eigenvalue weighted by atomic mass is 32.2. The molecule has 0 aliphatic carbocycles. The molecule has 30 heavy (non-hydrogen) atoms. The molecule has 11 heteroatoms. The van der Waals surface area contributed by atoms with E-state index in [0.29, 0.717) is 11.1 Å². The number of phenolic OH excluding ortho intramolecular Hbond substituents is 2. The molecule has 4 aromatic rings. The molecule has 2 aromatic heterocycles. The predicted octanol–water partition coefficient (Wildman–Crippen LogP) is 2.87. The fourth-order valence-corrected chi connectivity index (χ4v) is 3.76. The van der Waals surface area contributed by atoms with Gasteiger partial charge in [-0.05, 0) is 29.8 Å². The average molecular weight is 430 g/mol. The van der Waals surface area contributed by atoms with E-state index < -0.39 is 10.3 Å². The Morgan fingerprint density at radius 1 is 1.13 bits per heavy atom. The fourth-order valence-electron chi connectivity index (χ4n) is 3.37. The van der Waals surface area contributed by atoms with Crippen LogP contribution < -0.4 is 9.46 Å². The van der Waals surface area contributed by atoms with Crippen molar-refractivity contribution in [3.8, 4) is 39.6 Å². The number of H-pyrrole nitrogens is 1. The summed E-state index contributed by atoms with van der Waals surface area (Å²) in [6.07, 6.45) is 1.89. The van der Waals surface area contributed by atoms with Gasteiger partial charge in [-0.1, -0.05) is 6.07 Å². The SMILES string of the molecule is COc1cc(-c2[nH]nc(NS(=O)(=O)O)c2-c2ccc3c(ccn3C)c2)c(O)cc1O. The van der Waals surface area contributed by atoms with Gasteiger partial charge in [0.25, 0.3) is 0 Å². The number of rotatable bonds is 5. The number of aromatic nitrogens is 3. The quantitative estimate of drug-likeness (QED) is 0.306. The van der Waals surface area contributed by atoms with Crippen LogP contribution in [0, 0.1) is 0 Å². The Bertz CT molecular complexity index is 1370. The molecule has 0 amide bonds. The number of methoxy groups -OCH3 is 1. The van der Waals surface area contributed by atoms with Crippen LogP contribution in [0.3, 0.4) is 0 Å². The van der Waals surface area contributed by atoms with Gasteiger partial charge in [-0.3, -0.25) is 9.65 Å². The second-order valence-electron chi connectivity index (χ2n) is 6.64. The number of hydrogen-bond donors (Lipinski definition) is 5. The number of aromatic amines is 1. The third kappa shape index (κ3) is 3.40. The number of phenols is 2. The number of hydrogen-bond acceptors (Lipinski definition) is 6. The minimum absolute atomic E-state index is 0.103. The van der Waals surface area contributed by atoms with E-state index in [1.54, 1.807) is 6.07 Å². The molecule has 0 aliphatic heterocycles. The lowest BCUT2D eigenvalue weighted by Gasteiger charge is -2.11. The van der Waals surface area contributed by atoms with Gasteiger partial charge in [0, 0.05) is 35.8 Å². The van der Waals surface area contributed by atoms with Crippen molar-refractivity contribution in [2.75, 3.05) is 11.8 Å². The Morgan fingerprint density at radius 2 is 1.90 bits per heavy atom. The maximum absolute atomic E-state index is 11.4. The Balaban J connectivity index is 1.98. The maximum atomic E-state index is 11.4. The predicted molar refractivity (Wildman–Crippen MR) is 111 cm³/mol. The number of benzene rings is 2. The second kappa shape index (κ2) is 6.97. The first kappa shape index (κ1) is 19.6. The molecule has 0 saturated carbocycles. The van der Waals surface area contributed by atoms with Crippen molar-refractivity contribution in [3.63, 3.8) is 0 Å². The standard InChI is InChI=1S/C19H18N4O6S/c1-23-6-5-10-7-11(3-4-13(10)23)17-18(20-21-19(17)22-30(26,27)28)12-8-16(29-2)15(25)9-14(12)24/h3-9,24-25H,1-2H3,(H2,20,21,22)(H,26,27,28). The third-order valence-electron chi connectivity index (χ3n) is 4.73. The summed E-state index contributed by atoms with van der Waals surface area (Å²) < 4.78 is 41.2. The van der Waals surface area contributed by atoms with Crippen LogP contribution in [0.1, 0.15) is 0 Å². The first-order valence-electron chi connectivity index (χ1n) is 8.67. The summed E-state index contributed by atoms with van der Waals surface area (Å²) in [5, 5.41) is 27.8. The van der Waals surface area contributed by atoms with Crippen LogP contribution in [-0.4, -0.2) is 45.1 Å². The molecule has 0 spiro atoms. The summed E-state index contributed by atoms with van der Waals surface area (Å²) in [7, 11) is -1.35. The van der Waals surface area contributed by atoms with E-state index in [-0.39, 0.29) is 34.3 Å². The molecule has 0 aliphatic rings. The molecule has 0 atom stereocenters. The van der Waals surface area contributed by atoms with Crippen LogP contribution in [0.15, 0.2) is 42.6 Å². The molecular formula is C19H18N4O6S. The molecule has 5 N–H and O–H groups in total. The molecule has 4 rings (SSSR count). The smallest absolute Gasteiger partial charge is 0.358 e. The van der Waals surface area contributed by atoms with Gasteiger partial charge in [0.1, 0.15) is 5.75 Å². The van der Waals surface area contributed by atoms with Crippen molar-refractivity contribution in [1.82, 2.24) is 14.8 Å². The van der Waals surface area contributed by atoms with Crippen molar-refractivity contribution in [1.29, 1.82) is 0 Å². The Morgan fingerprint density at radius 3 is 2.60 bits per heavy atom. The van der Waals surface area contributed by atoms with Crippen molar-refractivity contribution in [2.24, 2.45) is 7.05 Å². The molecule has 0 radical (unpaired) electrons. The van der Waals surface area contributed by atoms with Gasteiger partial charge in [-0.15, -0.1) is 0 Å². The van der Waals surface area contributed by atoms with Crippen LogP contribution >= 0.6 is 0 Å². The zero-order valence-corrected chi connectivity index (χ0v) is 16.7. The van der Waals surface area contributed by atoms with Crippen LogP contribution in [0.4, 0.5) is 5.82 Å². The van der Waals surface area contributed by atoms with E-state index in [1.165, 1.54) is 13.2 Å². The fraction of sp³-hybridized carbons (Fsp3) is 0.105. The zero-order chi connectivity index (χ0) is 21.6. The van der Waals surface area contributed by atoms with Gasteiger partial charge < -0.3 is 19.5 Å². The molecule has 0 unspecified atom stereocenters. The Labute approximate surface area is 171 Å². The van der Waals surface area contributed by atoms with E-state index in [0.717, 1.165) is 17.0 Å². The highest BCUT2D eigenvalue weighted by molar-refractivity contribution is 7.87. The van der Waals surface area contributed by atoms with Crippen LogP contribution in [0.25, 0.3) is 33.3 Å². The van der Waals surface area contributed by atoms with E-state index in [9.17, 15) is 23.2 Å². The van der Waals surface area contributed by atoms with Crippen molar-refractivity contribution < 1.29 is 27.9 Å². The Hall–Kier alpha value is -3.70. The number of nitrogens with zero attached hydrogens (tertiary/aromatic N) is 2. The van der Waals surface area contributed by atoms with Crippen LogP contribution in [0.5, 0.6) is 17.2 Å². The molecule has 10 nitrogen and oxygen atoms in total. The van der Waals surface area contributed by atoms with Crippen molar-refractivity contribution in [2.45, 2.75) is 0 Å². The number of aromatic hydroxyl groups is 2. The monoisotopic (exact) mass is 430 g/mol. The van der Waals surface area contributed by atoms with Gasteiger partial charge in [-0.2, -0.15) is 13.5 Å². The molecule has 2 aromatic carbocycles. The lowest BCUT2D eigenvalue weighted by molar-refractivity contribution is 0.370. The third-order valence-corrected chi connectivity index (χ3v) is 5.18. The summed E-state index contributed by atoms with van der Waals surface area (Å²) in [6.45, 7) is 0. The van der Waals surface area contributed by atoms with Crippen molar-refractivity contribution >= 4 is 27.0 Å². The summed E-state index contributed by atoms with van der Waals surface area (Å²) in [5.74, 6) is -0.598. The summed E-state index contributed by atoms with van der Waals surface area (Å²) in [6, 6.07) is 9.84. The minimum atomic E-state index is -4.61. The van der Waals surface area contributed by atoms with Gasteiger partial charge in [0.05, 0.1) is 18.4 Å². The largest absolute Gasteiger partial charge is 0.507 e.